The van der Waals surface area contributed by atoms with E-state index in [1.807, 2.05) is 12.1 Å². The molecule has 3 rings (SSSR count). The fourth-order valence-corrected chi connectivity index (χ4v) is 3.85. The molecule has 1 heterocycles. The standard InChI is InChI=1S/C24H29N3O4S/c1-17(2)15-19-3-7-20(8-4-19)22-16-27-24(31-22)12-11-23(28)26-14-13-18-5-9-21(10-6-18)32(25,29)30/h3-10,16-17H,11-15H2,1-2H3,(H,26,28)(H2,25,29,30). The predicted octanol–water partition coefficient (Wildman–Crippen LogP) is 3.48. The summed E-state index contributed by atoms with van der Waals surface area (Å²) in [5.41, 5.74) is 3.17. The summed E-state index contributed by atoms with van der Waals surface area (Å²) in [6, 6.07) is 14.6. The summed E-state index contributed by atoms with van der Waals surface area (Å²) in [5, 5.41) is 7.94. The van der Waals surface area contributed by atoms with E-state index in [0.29, 0.717) is 37.0 Å². The Bertz CT molecular complexity index is 1130. The molecule has 8 heteroatoms. The maximum absolute atomic E-state index is 12.1. The molecule has 0 saturated carbocycles. The lowest BCUT2D eigenvalue weighted by atomic mass is 10.0. The number of aromatic nitrogens is 1. The number of carbonyl (C=O) groups is 1. The number of nitrogens with one attached hydrogen (secondary N) is 1. The minimum absolute atomic E-state index is 0.0714. The molecule has 3 N–H and O–H groups in total. The zero-order valence-corrected chi connectivity index (χ0v) is 19.2. The van der Waals surface area contributed by atoms with Crippen LogP contribution in [0.15, 0.2) is 64.0 Å². The van der Waals surface area contributed by atoms with Crippen LogP contribution in [0.25, 0.3) is 11.3 Å². The fourth-order valence-electron chi connectivity index (χ4n) is 3.34. The highest BCUT2D eigenvalue weighted by Gasteiger charge is 2.10. The van der Waals surface area contributed by atoms with E-state index in [9.17, 15) is 13.2 Å². The van der Waals surface area contributed by atoms with E-state index >= 15 is 0 Å². The fraction of sp³-hybridized carbons (Fsp3) is 0.333. The number of benzene rings is 2. The van der Waals surface area contributed by atoms with Crippen LogP contribution in [0.4, 0.5) is 0 Å². The minimum Gasteiger partial charge on any atom is -0.441 e. The average Bonchev–Trinajstić information content (AvgIpc) is 3.21. The average molecular weight is 456 g/mol. The van der Waals surface area contributed by atoms with Crippen molar-refractivity contribution in [2.45, 2.75) is 44.4 Å². The van der Waals surface area contributed by atoms with Gasteiger partial charge in [-0.25, -0.2) is 18.5 Å². The molecule has 2 aromatic carbocycles. The van der Waals surface area contributed by atoms with Crippen LogP contribution in [0.1, 0.15) is 37.3 Å². The van der Waals surface area contributed by atoms with Crippen molar-refractivity contribution in [3.05, 3.63) is 71.7 Å². The molecular weight excluding hydrogens is 426 g/mol. The van der Waals surface area contributed by atoms with Crippen LogP contribution in [0.2, 0.25) is 0 Å². The first-order valence-electron chi connectivity index (χ1n) is 10.6. The Balaban J connectivity index is 1.43. The highest BCUT2D eigenvalue weighted by atomic mass is 32.2. The molecule has 0 unspecified atom stereocenters. The number of nitrogens with two attached hydrogens (primary N) is 1. The maximum atomic E-state index is 12.1. The molecule has 170 valence electrons. The van der Waals surface area contributed by atoms with Gasteiger partial charge in [-0.05, 0) is 42.0 Å². The van der Waals surface area contributed by atoms with Crippen molar-refractivity contribution >= 4 is 15.9 Å². The van der Waals surface area contributed by atoms with E-state index in [4.69, 9.17) is 9.56 Å². The molecule has 1 aromatic heterocycles. The van der Waals surface area contributed by atoms with Gasteiger partial charge in [-0.15, -0.1) is 0 Å². The van der Waals surface area contributed by atoms with Crippen LogP contribution in [0.5, 0.6) is 0 Å². The number of sulfonamides is 1. The SMILES string of the molecule is CC(C)Cc1ccc(-c2cnc(CCC(=O)NCCc3ccc(S(N)(=O)=O)cc3)o2)cc1. The molecule has 0 saturated heterocycles. The number of nitrogens with zero attached hydrogens (tertiary/aromatic N) is 1. The number of hydrogen-bond acceptors (Lipinski definition) is 5. The third kappa shape index (κ3) is 7.03. The highest BCUT2D eigenvalue weighted by molar-refractivity contribution is 7.89. The monoisotopic (exact) mass is 455 g/mol. The van der Waals surface area contributed by atoms with Gasteiger partial charge in [0.05, 0.1) is 11.1 Å². The van der Waals surface area contributed by atoms with Gasteiger partial charge in [0.15, 0.2) is 11.7 Å². The number of hydrogen-bond donors (Lipinski definition) is 2. The van der Waals surface area contributed by atoms with E-state index in [2.05, 4.69) is 36.3 Å². The van der Waals surface area contributed by atoms with Crippen molar-refractivity contribution in [3.8, 4) is 11.3 Å². The Morgan fingerprint density at radius 3 is 2.31 bits per heavy atom. The molecule has 1 amide bonds. The number of oxazole rings is 1. The molecule has 0 atom stereocenters. The lowest BCUT2D eigenvalue weighted by molar-refractivity contribution is -0.121. The molecule has 0 radical (unpaired) electrons. The number of rotatable bonds is 10. The number of primary sulfonamides is 1. The van der Waals surface area contributed by atoms with Gasteiger partial charge in [0, 0.05) is 24.9 Å². The summed E-state index contributed by atoms with van der Waals surface area (Å²) in [5.74, 6) is 1.74. The third-order valence-corrected chi connectivity index (χ3v) is 5.92. The zero-order chi connectivity index (χ0) is 23.1. The summed E-state index contributed by atoms with van der Waals surface area (Å²) in [6.07, 6.45) is 4.01. The van der Waals surface area contributed by atoms with Crippen molar-refractivity contribution in [1.29, 1.82) is 0 Å². The second-order valence-electron chi connectivity index (χ2n) is 8.20. The maximum Gasteiger partial charge on any atom is 0.238 e. The first-order chi connectivity index (χ1) is 15.2. The Labute approximate surface area is 189 Å². The van der Waals surface area contributed by atoms with Crippen molar-refractivity contribution < 1.29 is 17.6 Å². The Kier molecular flexibility index (Phi) is 7.82. The van der Waals surface area contributed by atoms with Crippen molar-refractivity contribution in [1.82, 2.24) is 10.3 Å². The van der Waals surface area contributed by atoms with E-state index in [1.165, 1.54) is 17.7 Å². The van der Waals surface area contributed by atoms with Gasteiger partial charge >= 0.3 is 0 Å². The van der Waals surface area contributed by atoms with E-state index in [-0.39, 0.29) is 17.2 Å². The lowest BCUT2D eigenvalue weighted by Gasteiger charge is -2.06. The summed E-state index contributed by atoms with van der Waals surface area (Å²) >= 11 is 0. The number of aryl methyl sites for hydroxylation is 1. The Hall–Kier alpha value is -2.97. The van der Waals surface area contributed by atoms with Crippen LogP contribution in [-0.2, 0) is 34.1 Å². The molecule has 0 spiro atoms. The lowest BCUT2D eigenvalue weighted by Crippen LogP contribution is -2.25. The molecule has 0 aliphatic carbocycles. The topological polar surface area (TPSA) is 115 Å². The molecule has 0 aliphatic heterocycles. The largest absolute Gasteiger partial charge is 0.441 e. The summed E-state index contributed by atoms with van der Waals surface area (Å²) in [6.45, 7) is 4.84. The van der Waals surface area contributed by atoms with Gasteiger partial charge in [-0.1, -0.05) is 50.2 Å². The molecule has 7 nitrogen and oxygen atoms in total. The van der Waals surface area contributed by atoms with E-state index < -0.39 is 10.0 Å². The van der Waals surface area contributed by atoms with Crippen LogP contribution in [-0.4, -0.2) is 25.9 Å². The van der Waals surface area contributed by atoms with Crippen molar-refractivity contribution in [3.63, 3.8) is 0 Å². The normalized spacial score (nSPS) is 11.6. The minimum atomic E-state index is -3.69. The second-order valence-corrected chi connectivity index (χ2v) is 9.76. The molecule has 32 heavy (non-hydrogen) atoms. The quantitative estimate of drug-likeness (QED) is 0.486. The van der Waals surface area contributed by atoms with Crippen LogP contribution >= 0.6 is 0 Å². The summed E-state index contributed by atoms with van der Waals surface area (Å²) < 4.78 is 28.4. The van der Waals surface area contributed by atoms with Gasteiger partial charge in [0.25, 0.3) is 0 Å². The van der Waals surface area contributed by atoms with Crippen molar-refractivity contribution in [2.24, 2.45) is 11.1 Å². The summed E-state index contributed by atoms with van der Waals surface area (Å²) in [7, 11) is -3.69. The van der Waals surface area contributed by atoms with Gasteiger partial charge < -0.3 is 9.73 Å². The third-order valence-electron chi connectivity index (χ3n) is 4.99. The number of amides is 1. The number of carbonyl (C=O) groups excluding carboxylic acids is 1. The van der Waals surface area contributed by atoms with Gasteiger partial charge in [0.2, 0.25) is 15.9 Å². The molecular formula is C24H29N3O4S. The van der Waals surface area contributed by atoms with Gasteiger partial charge in [-0.3, -0.25) is 4.79 Å². The second kappa shape index (κ2) is 10.6. The Morgan fingerprint density at radius 2 is 1.69 bits per heavy atom. The van der Waals surface area contributed by atoms with Crippen LogP contribution in [0.3, 0.4) is 0 Å². The van der Waals surface area contributed by atoms with E-state index in [1.54, 1.807) is 18.3 Å². The smallest absolute Gasteiger partial charge is 0.238 e. The predicted molar refractivity (Wildman–Crippen MR) is 123 cm³/mol. The molecule has 3 aromatic rings. The Morgan fingerprint density at radius 1 is 1.03 bits per heavy atom. The first-order valence-corrected chi connectivity index (χ1v) is 12.2. The molecule has 0 fully saturated rings. The molecule has 0 aliphatic rings. The van der Waals surface area contributed by atoms with E-state index in [0.717, 1.165) is 17.5 Å². The van der Waals surface area contributed by atoms with Gasteiger partial charge in [-0.2, -0.15) is 0 Å². The highest BCUT2D eigenvalue weighted by Crippen LogP contribution is 2.22. The molecule has 0 bridgehead atoms. The van der Waals surface area contributed by atoms with Gasteiger partial charge in [0.1, 0.15) is 0 Å². The zero-order valence-electron chi connectivity index (χ0n) is 18.4. The van der Waals surface area contributed by atoms with Crippen LogP contribution < -0.4 is 10.5 Å². The first kappa shape index (κ1) is 23.7. The summed E-state index contributed by atoms with van der Waals surface area (Å²) in [4.78, 5) is 16.5. The van der Waals surface area contributed by atoms with Crippen molar-refractivity contribution in [2.75, 3.05) is 6.54 Å². The van der Waals surface area contributed by atoms with Crippen LogP contribution in [0, 0.1) is 5.92 Å².